The number of rotatable bonds is 4. The molecule has 9 heteroatoms. The third kappa shape index (κ3) is 2.94. The van der Waals surface area contributed by atoms with Gasteiger partial charge in [0.2, 0.25) is 0 Å². The van der Waals surface area contributed by atoms with E-state index in [1.165, 1.54) is 12.2 Å². The molecule has 2 rings (SSSR count). The number of nitrogens with two attached hydrogens (primary N) is 1. The van der Waals surface area contributed by atoms with Crippen LogP contribution in [0.2, 0.25) is 0 Å². The van der Waals surface area contributed by atoms with Crippen LogP contribution in [0.15, 0.2) is 12.2 Å². The van der Waals surface area contributed by atoms with Crippen LogP contribution in [0.1, 0.15) is 6.42 Å². The first kappa shape index (κ1) is 16.3. The summed E-state index contributed by atoms with van der Waals surface area (Å²) in [5.41, 5.74) is 3.57. The predicted octanol–water partition coefficient (Wildman–Crippen LogP) is -3.65. The van der Waals surface area contributed by atoms with E-state index in [2.05, 4.69) is 0 Å². The Morgan fingerprint density at radius 2 is 1.95 bits per heavy atom. The van der Waals surface area contributed by atoms with Crippen molar-refractivity contribution in [1.29, 1.82) is 0 Å². The number of aliphatic hydroxyl groups excluding tert-OH is 5. The Labute approximate surface area is 120 Å². The van der Waals surface area contributed by atoms with E-state index in [0.29, 0.717) is 0 Å². The Bertz CT molecular complexity index is 427. The first-order valence-electron chi connectivity index (χ1n) is 6.46. The monoisotopic (exact) mass is 305 g/mol. The third-order valence-electron chi connectivity index (χ3n) is 3.69. The highest BCUT2D eigenvalue weighted by molar-refractivity contribution is 5.86. The average molecular weight is 305 g/mol. The van der Waals surface area contributed by atoms with E-state index in [4.69, 9.17) is 20.3 Å². The highest BCUT2D eigenvalue weighted by Gasteiger charge is 2.50. The van der Waals surface area contributed by atoms with E-state index < -0.39 is 54.9 Å². The fourth-order valence-corrected chi connectivity index (χ4v) is 2.41. The number of ether oxygens (including phenoxy) is 2. The van der Waals surface area contributed by atoms with Gasteiger partial charge in [0.25, 0.3) is 5.91 Å². The molecule has 1 aliphatic heterocycles. The van der Waals surface area contributed by atoms with Crippen molar-refractivity contribution in [3.05, 3.63) is 12.2 Å². The van der Waals surface area contributed by atoms with Crippen LogP contribution in [0.5, 0.6) is 0 Å². The molecule has 0 aromatic rings. The minimum Gasteiger partial charge on any atom is -0.394 e. The summed E-state index contributed by atoms with van der Waals surface area (Å²) in [6.45, 7) is -0.618. The van der Waals surface area contributed by atoms with Gasteiger partial charge in [-0.2, -0.15) is 0 Å². The normalized spacial score (nSPS) is 46.7. The number of carbonyl (C=O) groups excluding carboxylic acids is 1. The van der Waals surface area contributed by atoms with Gasteiger partial charge in [-0.15, -0.1) is 0 Å². The molecule has 0 bridgehead atoms. The summed E-state index contributed by atoms with van der Waals surface area (Å²) in [4.78, 5) is 11.6. The van der Waals surface area contributed by atoms with Crippen molar-refractivity contribution in [3.8, 4) is 0 Å². The van der Waals surface area contributed by atoms with Gasteiger partial charge in [0, 0.05) is 6.42 Å². The molecule has 2 aliphatic rings. The maximum absolute atomic E-state index is 11.6. The molecule has 120 valence electrons. The molecule has 0 spiro atoms. The molecule has 7 N–H and O–H groups in total. The quantitative estimate of drug-likeness (QED) is 0.289. The predicted molar refractivity (Wildman–Crippen MR) is 66.5 cm³/mol. The lowest BCUT2D eigenvalue weighted by molar-refractivity contribution is -0.317. The molecule has 1 heterocycles. The molecular formula is C12H19NO8. The van der Waals surface area contributed by atoms with Crippen molar-refractivity contribution in [2.45, 2.75) is 48.8 Å². The van der Waals surface area contributed by atoms with Crippen molar-refractivity contribution in [2.24, 2.45) is 5.73 Å². The van der Waals surface area contributed by atoms with Crippen LogP contribution in [-0.2, 0) is 14.3 Å². The lowest BCUT2D eigenvalue weighted by Gasteiger charge is -2.42. The summed E-state index contributed by atoms with van der Waals surface area (Å²) in [5.74, 6) is -0.896. The topological polar surface area (TPSA) is 163 Å². The molecule has 1 saturated heterocycles. The number of hydrogen-bond donors (Lipinski definition) is 6. The molecule has 1 fully saturated rings. The van der Waals surface area contributed by atoms with Crippen LogP contribution >= 0.6 is 0 Å². The summed E-state index contributed by atoms with van der Waals surface area (Å²) in [7, 11) is 0. The van der Waals surface area contributed by atoms with Crippen LogP contribution in [0.25, 0.3) is 0 Å². The Morgan fingerprint density at radius 1 is 1.29 bits per heavy atom. The second kappa shape index (κ2) is 5.97. The summed E-state index contributed by atoms with van der Waals surface area (Å²) in [5, 5.41) is 47.8. The number of amides is 1. The largest absolute Gasteiger partial charge is 0.394 e. The minimum atomic E-state index is -1.69. The Morgan fingerprint density at radius 3 is 2.43 bits per heavy atom. The molecular weight excluding hydrogens is 286 g/mol. The maximum Gasteiger partial charge on any atom is 0.253 e. The van der Waals surface area contributed by atoms with Gasteiger partial charge >= 0.3 is 0 Å². The van der Waals surface area contributed by atoms with Gasteiger partial charge in [-0.25, -0.2) is 0 Å². The molecule has 1 aliphatic carbocycles. The van der Waals surface area contributed by atoms with Gasteiger partial charge in [0.15, 0.2) is 11.9 Å². The summed E-state index contributed by atoms with van der Waals surface area (Å²) >= 11 is 0. The van der Waals surface area contributed by atoms with Crippen LogP contribution in [0.3, 0.4) is 0 Å². The van der Waals surface area contributed by atoms with Gasteiger partial charge in [-0.3, -0.25) is 4.79 Å². The zero-order valence-electron chi connectivity index (χ0n) is 11.1. The van der Waals surface area contributed by atoms with Crippen LogP contribution in [0.4, 0.5) is 0 Å². The molecule has 0 unspecified atom stereocenters. The van der Waals surface area contributed by atoms with Gasteiger partial charge in [0.05, 0.1) is 12.7 Å². The van der Waals surface area contributed by atoms with E-state index in [1.807, 2.05) is 0 Å². The molecule has 0 aromatic heterocycles. The first-order valence-corrected chi connectivity index (χ1v) is 6.46. The van der Waals surface area contributed by atoms with Crippen molar-refractivity contribution >= 4 is 5.91 Å². The highest BCUT2D eigenvalue weighted by atomic mass is 16.7. The Kier molecular flexibility index (Phi) is 4.63. The second-order valence-electron chi connectivity index (χ2n) is 5.20. The molecule has 0 saturated carbocycles. The number of carbonyl (C=O) groups is 1. The Hall–Kier alpha value is -1.07. The number of aliphatic hydroxyl groups is 5. The van der Waals surface area contributed by atoms with E-state index in [9.17, 15) is 25.2 Å². The lowest BCUT2D eigenvalue weighted by atomic mass is 9.97. The van der Waals surface area contributed by atoms with Gasteiger partial charge in [-0.05, 0) is 6.08 Å². The van der Waals surface area contributed by atoms with Crippen molar-refractivity contribution in [3.63, 3.8) is 0 Å². The maximum atomic E-state index is 11.6. The van der Waals surface area contributed by atoms with E-state index >= 15 is 0 Å². The van der Waals surface area contributed by atoms with Crippen LogP contribution < -0.4 is 5.73 Å². The summed E-state index contributed by atoms with van der Waals surface area (Å²) in [6, 6.07) is 0. The van der Waals surface area contributed by atoms with Crippen LogP contribution in [-0.4, -0.2) is 80.5 Å². The van der Waals surface area contributed by atoms with Gasteiger partial charge in [0.1, 0.15) is 24.4 Å². The van der Waals surface area contributed by atoms with E-state index in [1.54, 1.807) is 0 Å². The number of primary amides is 1. The number of hydrogen-bond acceptors (Lipinski definition) is 8. The molecule has 9 nitrogen and oxygen atoms in total. The van der Waals surface area contributed by atoms with Crippen LogP contribution in [0, 0.1) is 0 Å². The average Bonchev–Trinajstić information content (AvgIpc) is 2.82. The Balaban J connectivity index is 2.17. The second-order valence-corrected chi connectivity index (χ2v) is 5.20. The molecule has 21 heavy (non-hydrogen) atoms. The highest BCUT2D eigenvalue weighted by Crippen LogP contribution is 2.32. The molecule has 0 radical (unpaired) electrons. The molecule has 7 atom stereocenters. The van der Waals surface area contributed by atoms with Crippen molar-refractivity contribution in [2.75, 3.05) is 6.61 Å². The lowest BCUT2D eigenvalue weighted by Crippen LogP contribution is -2.61. The summed E-state index contributed by atoms with van der Waals surface area (Å²) in [6.07, 6.45) is -5.99. The van der Waals surface area contributed by atoms with Gasteiger partial charge in [-0.1, -0.05) is 6.08 Å². The smallest absolute Gasteiger partial charge is 0.253 e. The van der Waals surface area contributed by atoms with Gasteiger partial charge < -0.3 is 40.7 Å². The zero-order chi connectivity index (χ0) is 15.8. The minimum absolute atomic E-state index is 0.155. The molecule has 0 aromatic carbocycles. The summed E-state index contributed by atoms with van der Waals surface area (Å²) < 4.78 is 10.5. The first-order chi connectivity index (χ1) is 9.80. The molecule has 1 amide bonds. The fraction of sp³-hybridized carbons (Fsp3) is 0.750. The van der Waals surface area contributed by atoms with E-state index in [0.717, 1.165) is 0 Å². The fourth-order valence-electron chi connectivity index (χ4n) is 2.41. The van der Waals surface area contributed by atoms with Crippen molar-refractivity contribution < 1.29 is 39.8 Å². The SMILES string of the molecule is NC(=O)[C@]1(O[C@@H]2O[C@H](CO)[C@@H](O)[C@H](O)[C@H]2O)C=C[C@H](O)C1. The standard InChI is InChI=1S/C12H19NO8/c13-11(19)12(2-1-5(15)3-12)21-10-9(18)8(17)7(16)6(4-14)20-10/h1-2,5-10,14-18H,3-4H2,(H2,13,19)/t5-,6+,7+,8-,9+,10-,12-/m0/s1. The zero-order valence-corrected chi connectivity index (χ0v) is 11.1. The van der Waals surface area contributed by atoms with E-state index in [-0.39, 0.29) is 6.42 Å². The third-order valence-corrected chi connectivity index (χ3v) is 3.69. The van der Waals surface area contributed by atoms with Crippen molar-refractivity contribution in [1.82, 2.24) is 0 Å².